The number of hydrogen-bond acceptors (Lipinski definition) is 6. The summed E-state index contributed by atoms with van der Waals surface area (Å²) in [5, 5.41) is 18.0. The SMILES string of the molecule is COc1ccc(OC)c(CN2CCC(C(=O)N[C@H](C)c3ccccc3)CC2)c1.O=C(O)C(=O)O. The van der Waals surface area contributed by atoms with Crippen LogP contribution in [-0.2, 0) is 20.9 Å². The maximum absolute atomic E-state index is 12.7. The predicted molar refractivity (Wildman–Crippen MR) is 126 cm³/mol. The maximum Gasteiger partial charge on any atom is 0.414 e. The summed E-state index contributed by atoms with van der Waals surface area (Å²) in [7, 11) is 3.36. The van der Waals surface area contributed by atoms with Gasteiger partial charge in [-0.2, -0.15) is 0 Å². The lowest BCUT2D eigenvalue weighted by molar-refractivity contribution is -0.159. The Labute approximate surface area is 199 Å². The molecule has 34 heavy (non-hydrogen) atoms. The van der Waals surface area contributed by atoms with Crippen molar-refractivity contribution in [3.63, 3.8) is 0 Å². The number of rotatable bonds is 7. The minimum atomic E-state index is -1.82. The van der Waals surface area contributed by atoms with Crippen molar-refractivity contribution >= 4 is 17.8 Å². The van der Waals surface area contributed by atoms with Gasteiger partial charge in [0.2, 0.25) is 5.91 Å². The van der Waals surface area contributed by atoms with Crippen LogP contribution in [0.5, 0.6) is 11.5 Å². The van der Waals surface area contributed by atoms with Gasteiger partial charge in [0.05, 0.1) is 20.3 Å². The molecule has 0 unspecified atom stereocenters. The summed E-state index contributed by atoms with van der Waals surface area (Å²) < 4.78 is 10.8. The van der Waals surface area contributed by atoms with Gasteiger partial charge in [-0.1, -0.05) is 30.3 Å². The summed E-state index contributed by atoms with van der Waals surface area (Å²) in [5.41, 5.74) is 2.25. The fraction of sp³-hybridized carbons (Fsp3) is 0.400. The second kappa shape index (κ2) is 13.2. The highest BCUT2D eigenvalue weighted by molar-refractivity contribution is 6.27. The van der Waals surface area contributed by atoms with Gasteiger partial charge in [0.25, 0.3) is 0 Å². The van der Waals surface area contributed by atoms with E-state index >= 15 is 0 Å². The van der Waals surface area contributed by atoms with E-state index in [2.05, 4.69) is 22.3 Å². The number of carbonyl (C=O) groups excluding carboxylic acids is 1. The number of methoxy groups -OCH3 is 2. The molecule has 0 spiro atoms. The number of ether oxygens (including phenoxy) is 2. The van der Waals surface area contributed by atoms with Crippen molar-refractivity contribution in [3.05, 3.63) is 59.7 Å². The van der Waals surface area contributed by atoms with Gasteiger partial charge in [-0.05, 0) is 56.6 Å². The molecule has 0 aliphatic carbocycles. The van der Waals surface area contributed by atoms with E-state index in [-0.39, 0.29) is 17.9 Å². The van der Waals surface area contributed by atoms with Crippen LogP contribution in [0.1, 0.15) is 36.9 Å². The summed E-state index contributed by atoms with van der Waals surface area (Å²) in [6.07, 6.45) is 1.75. The summed E-state index contributed by atoms with van der Waals surface area (Å²) in [4.78, 5) is 33.2. The fourth-order valence-corrected chi connectivity index (χ4v) is 3.76. The molecular weight excluding hydrogens is 440 g/mol. The van der Waals surface area contributed by atoms with Crippen molar-refractivity contribution in [2.24, 2.45) is 5.92 Å². The highest BCUT2D eigenvalue weighted by Gasteiger charge is 2.26. The molecule has 184 valence electrons. The molecule has 2 aromatic rings. The first-order chi connectivity index (χ1) is 16.2. The van der Waals surface area contributed by atoms with Gasteiger partial charge in [-0.15, -0.1) is 0 Å². The van der Waals surface area contributed by atoms with Crippen molar-refractivity contribution in [2.75, 3.05) is 27.3 Å². The van der Waals surface area contributed by atoms with Crippen LogP contribution in [0.4, 0.5) is 0 Å². The Hall–Kier alpha value is -3.59. The van der Waals surface area contributed by atoms with E-state index in [1.165, 1.54) is 0 Å². The van der Waals surface area contributed by atoms with E-state index in [9.17, 15) is 4.79 Å². The number of hydrogen-bond donors (Lipinski definition) is 3. The number of aliphatic carboxylic acids is 2. The molecule has 1 fully saturated rings. The van der Waals surface area contributed by atoms with E-state index in [0.29, 0.717) is 0 Å². The zero-order valence-electron chi connectivity index (χ0n) is 19.7. The lowest BCUT2D eigenvalue weighted by Crippen LogP contribution is -2.40. The normalized spacial score (nSPS) is 14.8. The Kier molecular flexibility index (Phi) is 10.3. The predicted octanol–water partition coefficient (Wildman–Crippen LogP) is 2.95. The smallest absolute Gasteiger partial charge is 0.414 e. The van der Waals surface area contributed by atoms with Gasteiger partial charge in [-0.3, -0.25) is 9.69 Å². The summed E-state index contributed by atoms with van der Waals surface area (Å²) in [5.74, 6) is -1.70. The number of benzene rings is 2. The van der Waals surface area contributed by atoms with Gasteiger partial charge < -0.3 is 25.0 Å². The highest BCUT2D eigenvalue weighted by Crippen LogP contribution is 2.27. The molecule has 3 rings (SSSR count). The molecule has 0 bridgehead atoms. The van der Waals surface area contributed by atoms with Crippen molar-refractivity contribution < 1.29 is 34.1 Å². The number of carboxylic acid groups (broad SMARTS) is 2. The van der Waals surface area contributed by atoms with Crippen LogP contribution >= 0.6 is 0 Å². The summed E-state index contributed by atoms with van der Waals surface area (Å²) >= 11 is 0. The molecule has 1 heterocycles. The molecule has 9 heteroatoms. The zero-order chi connectivity index (χ0) is 25.1. The van der Waals surface area contributed by atoms with Gasteiger partial charge in [-0.25, -0.2) is 9.59 Å². The van der Waals surface area contributed by atoms with Crippen LogP contribution < -0.4 is 14.8 Å². The Morgan fingerprint density at radius 2 is 1.62 bits per heavy atom. The third kappa shape index (κ3) is 8.08. The number of nitrogens with one attached hydrogen (secondary N) is 1. The molecule has 1 aliphatic heterocycles. The maximum atomic E-state index is 12.7. The van der Waals surface area contributed by atoms with E-state index in [1.807, 2.05) is 43.3 Å². The number of nitrogens with zero attached hydrogens (tertiary/aromatic N) is 1. The number of amides is 1. The molecular formula is C25H32N2O7. The molecule has 0 saturated carbocycles. The van der Waals surface area contributed by atoms with Gasteiger partial charge in [0.1, 0.15) is 11.5 Å². The zero-order valence-corrected chi connectivity index (χ0v) is 19.7. The number of carbonyl (C=O) groups is 3. The van der Waals surface area contributed by atoms with Gasteiger partial charge in [0.15, 0.2) is 0 Å². The lowest BCUT2D eigenvalue weighted by atomic mass is 9.94. The number of carboxylic acids is 2. The lowest BCUT2D eigenvalue weighted by Gasteiger charge is -2.32. The molecule has 0 radical (unpaired) electrons. The minimum Gasteiger partial charge on any atom is -0.497 e. The quantitative estimate of drug-likeness (QED) is 0.525. The van der Waals surface area contributed by atoms with Crippen LogP contribution in [0.3, 0.4) is 0 Å². The van der Waals surface area contributed by atoms with Crippen molar-refractivity contribution in [2.45, 2.75) is 32.4 Å². The third-order valence-electron chi connectivity index (χ3n) is 5.68. The Morgan fingerprint density at radius 1 is 1.00 bits per heavy atom. The Balaban J connectivity index is 0.000000604. The average molecular weight is 473 g/mol. The third-order valence-corrected chi connectivity index (χ3v) is 5.68. The summed E-state index contributed by atoms with van der Waals surface area (Å²) in [6, 6.07) is 16.0. The molecule has 1 atom stereocenters. The number of piperidine rings is 1. The molecule has 3 N–H and O–H groups in total. The second-order valence-electron chi connectivity index (χ2n) is 7.98. The van der Waals surface area contributed by atoms with Crippen molar-refractivity contribution in [3.8, 4) is 11.5 Å². The van der Waals surface area contributed by atoms with Crippen LogP contribution in [0.25, 0.3) is 0 Å². The van der Waals surface area contributed by atoms with E-state index in [1.54, 1.807) is 14.2 Å². The molecule has 1 aliphatic rings. The first-order valence-electron chi connectivity index (χ1n) is 11.0. The molecule has 9 nitrogen and oxygen atoms in total. The molecule has 0 aromatic heterocycles. The Morgan fingerprint density at radius 3 is 2.15 bits per heavy atom. The molecule has 1 amide bonds. The average Bonchev–Trinajstić information content (AvgIpc) is 2.85. The van der Waals surface area contributed by atoms with Crippen LogP contribution in [0.2, 0.25) is 0 Å². The largest absolute Gasteiger partial charge is 0.497 e. The van der Waals surface area contributed by atoms with Gasteiger partial charge >= 0.3 is 11.9 Å². The second-order valence-corrected chi connectivity index (χ2v) is 7.98. The topological polar surface area (TPSA) is 125 Å². The summed E-state index contributed by atoms with van der Waals surface area (Å²) in [6.45, 7) is 4.64. The molecule has 1 saturated heterocycles. The van der Waals surface area contributed by atoms with Crippen LogP contribution in [0, 0.1) is 5.92 Å². The van der Waals surface area contributed by atoms with Crippen molar-refractivity contribution in [1.82, 2.24) is 10.2 Å². The fourth-order valence-electron chi connectivity index (χ4n) is 3.76. The first kappa shape index (κ1) is 26.7. The van der Waals surface area contributed by atoms with Crippen molar-refractivity contribution in [1.29, 1.82) is 0 Å². The van der Waals surface area contributed by atoms with E-state index < -0.39 is 11.9 Å². The highest BCUT2D eigenvalue weighted by atomic mass is 16.5. The minimum absolute atomic E-state index is 0.0350. The van der Waals surface area contributed by atoms with E-state index in [0.717, 1.165) is 55.1 Å². The molecule has 2 aromatic carbocycles. The first-order valence-corrected chi connectivity index (χ1v) is 11.0. The Bertz CT molecular complexity index is 945. The van der Waals surface area contributed by atoms with Crippen LogP contribution in [-0.4, -0.2) is 60.3 Å². The van der Waals surface area contributed by atoms with E-state index in [4.69, 9.17) is 29.3 Å². The van der Waals surface area contributed by atoms with Crippen LogP contribution in [0.15, 0.2) is 48.5 Å². The van der Waals surface area contributed by atoms with Gasteiger partial charge in [0, 0.05) is 18.0 Å². The standard InChI is InChI=1S/C23H30N2O3.C2H2O4/c1-17(18-7-5-4-6-8-18)24-23(26)19-11-13-25(14-12-19)16-20-15-21(27-2)9-10-22(20)28-3;3-1(4)2(5)6/h4-10,15,17,19H,11-14,16H2,1-3H3,(H,24,26);(H,3,4)(H,5,6)/t17-;/m1./s1. The number of likely N-dealkylation sites (tertiary alicyclic amines) is 1. The monoisotopic (exact) mass is 472 g/mol.